The van der Waals surface area contributed by atoms with Gasteiger partial charge in [-0.3, -0.25) is 0 Å². The maximum Gasteiger partial charge on any atom is 0.431 e. The molecule has 228 valence electrons. The molecule has 3 atom stereocenters. The molecule has 0 bridgehead atoms. The molecule has 41 heavy (non-hydrogen) atoms. The summed E-state index contributed by atoms with van der Waals surface area (Å²) in [4.78, 5) is 0. The molecule has 2 aromatic carbocycles. The Kier molecular flexibility index (Phi) is 8.07. The minimum Gasteiger partial charge on any atom is -0.376 e. The standard InChI is InChI=1S/C22H13F15N2O2/c1-41-15(8-2-9(18(23,24)25)4-10(3-8)19(26,27)28)14-16(22(35,36)37)38-39(17(14)40)13-6-11(20(29,30)31)5-12(7-13)21(32,33)34/h2-7,14-15,17,40H,1H3. The number of methoxy groups -OCH3 is 1. The second kappa shape index (κ2) is 10.2. The van der Waals surface area contributed by atoms with E-state index >= 15 is 0 Å². The summed E-state index contributed by atoms with van der Waals surface area (Å²) < 4.78 is 206. The van der Waals surface area contributed by atoms with Gasteiger partial charge in [0, 0.05) is 7.11 Å². The molecule has 19 heteroatoms. The Morgan fingerprint density at radius 1 is 0.634 bits per heavy atom. The van der Waals surface area contributed by atoms with Gasteiger partial charge in [-0.05, 0) is 42.0 Å². The van der Waals surface area contributed by atoms with Crippen molar-refractivity contribution in [3.8, 4) is 0 Å². The second-order valence-corrected chi connectivity index (χ2v) is 8.53. The summed E-state index contributed by atoms with van der Waals surface area (Å²) in [5.41, 5.74) is -12.8. The molecule has 0 saturated heterocycles. The van der Waals surface area contributed by atoms with Gasteiger partial charge < -0.3 is 9.84 Å². The molecule has 0 fully saturated rings. The predicted octanol–water partition coefficient (Wildman–Crippen LogP) is 7.82. The lowest BCUT2D eigenvalue weighted by Gasteiger charge is -2.30. The highest BCUT2D eigenvalue weighted by Crippen LogP contribution is 2.46. The number of hydrogen-bond acceptors (Lipinski definition) is 4. The highest BCUT2D eigenvalue weighted by molar-refractivity contribution is 5.96. The van der Waals surface area contributed by atoms with Gasteiger partial charge in [0.05, 0.1) is 40.0 Å². The van der Waals surface area contributed by atoms with E-state index < -0.39 is 88.3 Å². The maximum absolute atomic E-state index is 13.9. The van der Waals surface area contributed by atoms with Crippen molar-refractivity contribution in [3.05, 3.63) is 64.2 Å². The molecule has 0 aromatic heterocycles. The predicted molar refractivity (Wildman–Crippen MR) is 108 cm³/mol. The summed E-state index contributed by atoms with van der Waals surface area (Å²) in [6.07, 6.45) is -32.9. The third-order valence-electron chi connectivity index (χ3n) is 5.75. The van der Waals surface area contributed by atoms with E-state index in [1.807, 2.05) is 0 Å². The first-order valence-corrected chi connectivity index (χ1v) is 10.6. The second-order valence-electron chi connectivity index (χ2n) is 8.53. The number of halogens is 15. The van der Waals surface area contributed by atoms with Gasteiger partial charge in [0.1, 0.15) is 0 Å². The van der Waals surface area contributed by atoms with Crippen molar-refractivity contribution in [2.24, 2.45) is 11.0 Å². The Morgan fingerprint density at radius 2 is 1.00 bits per heavy atom. The molecule has 0 amide bonds. The third-order valence-corrected chi connectivity index (χ3v) is 5.75. The first kappa shape index (κ1) is 32.3. The van der Waals surface area contributed by atoms with E-state index in [4.69, 9.17) is 4.74 Å². The van der Waals surface area contributed by atoms with Crippen LogP contribution in [0.5, 0.6) is 0 Å². The van der Waals surface area contributed by atoms with Crippen molar-refractivity contribution in [1.29, 1.82) is 0 Å². The molecular formula is C22H13F15N2O2. The number of aliphatic hydroxyl groups excluding tert-OH is 1. The quantitative estimate of drug-likeness (QED) is 0.354. The Morgan fingerprint density at radius 3 is 1.32 bits per heavy atom. The summed E-state index contributed by atoms with van der Waals surface area (Å²) in [7, 11) is 0.535. The van der Waals surface area contributed by atoms with Crippen LogP contribution in [-0.4, -0.2) is 30.3 Å². The fraction of sp³-hybridized carbons (Fsp3) is 0.409. The molecule has 0 aliphatic carbocycles. The van der Waals surface area contributed by atoms with E-state index in [1.165, 1.54) is 0 Å². The number of alkyl halides is 15. The van der Waals surface area contributed by atoms with Crippen molar-refractivity contribution in [2.45, 2.75) is 43.2 Å². The summed E-state index contributed by atoms with van der Waals surface area (Å²) in [6.45, 7) is 0. The Hall–Kier alpha value is -3.22. The molecule has 1 aliphatic heterocycles. The van der Waals surface area contributed by atoms with E-state index in [1.54, 1.807) is 0 Å². The summed E-state index contributed by atoms with van der Waals surface area (Å²) in [5, 5.41) is 13.2. The van der Waals surface area contributed by atoms with E-state index in [0.717, 1.165) is 0 Å². The number of benzene rings is 2. The van der Waals surface area contributed by atoms with Crippen LogP contribution >= 0.6 is 0 Å². The van der Waals surface area contributed by atoms with E-state index in [9.17, 15) is 71.0 Å². The van der Waals surface area contributed by atoms with Crippen molar-refractivity contribution in [2.75, 3.05) is 12.1 Å². The van der Waals surface area contributed by atoms with Crippen LogP contribution in [-0.2, 0) is 29.4 Å². The molecule has 0 spiro atoms. The molecule has 0 radical (unpaired) electrons. The van der Waals surface area contributed by atoms with Gasteiger partial charge in [-0.15, -0.1) is 0 Å². The van der Waals surface area contributed by atoms with Crippen LogP contribution in [0.25, 0.3) is 0 Å². The minimum atomic E-state index is -5.65. The lowest BCUT2D eigenvalue weighted by atomic mass is 9.88. The van der Waals surface area contributed by atoms with Gasteiger partial charge in [-0.2, -0.15) is 71.0 Å². The zero-order valence-corrected chi connectivity index (χ0v) is 19.6. The smallest absolute Gasteiger partial charge is 0.376 e. The number of aliphatic hydroxyl groups is 1. The molecule has 3 unspecified atom stereocenters. The van der Waals surface area contributed by atoms with E-state index in [-0.39, 0.29) is 41.4 Å². The van der Waals surface area contributed by atoms with Gasteiger partial charge in [-0.25, -0.2) is 5.01 Å². The summed E-state index contributed by atoms with van der Waals surface area (Å²) in [5.74, 6) is -2.76. The van der Waals surface area contributed by atoms with Crippen molar-refractivity contribution < 1.29 is 75.7 Å². The highest BCUT2D eigenvalue weighted by Gasteiger charge is 2.54. The molecule has 3 rings (SSSR count). The largest absolute Gasteiger partial charge is 0.431 e. The van der Waals surface area contributed by atoms with Gasteiger partial charge in [-0.1, -0.05) is 0 Å². The SMILES string of the molecule is COC(c1cc(C(F)(F)F)cc(C(F)(F)F)c1)C1C(C(F)(F)F)=NN(c2cc(C(F)(F)F)cc(C(F)(F)F)c2)C1O. The van der Waals surface area contributed by atoms with Crippen LogP contribution in [0.2, 0.25) is 0 Å². The fourth-order valence-corrected chi connectivity index (χ4v) is 4.00. The van der Waals surface area contributed by atoms with Crippen LogP contribution < -0.4 is 5.01 Å². The van der Waals surface area contributed by atoms with Crippen molar-refractivity contribution >= 4 is 11.4 Å². The number of nitrogens with zero attached hydrogens (tertiary/aromatic N) is 2. The van der Waals surface area contributed by atoms with Crippen LogP contribution in [0.1, 0.15) is 33.9 Å². The summed E-state index contributed by atoms with van der Waals surface area (Å²) >= 11 is 0. The van der Waals surface area contributed by atoms with Crippen LogP contribution in [0.3, 0.4) is 0 Å². The van der Waals surface area contributed by atoms with Gasteiger partial charge in [0.25, 0.3) is 0 Å². The number of rotatable bonds is 4. The average Bonchev–Trinajstić information content (AvgIpc) is 3.14. The molecule has 4 nitrogen and oxygen atoms in total. The third kappa shape index (κ3) is 6.82. The molecule has 1 aliphatic rings. The topological polar surface area (TPSA) is 45.1 Å². The molecular weight excluding hydrogens is 609 g/mol. The van der Waals surface area contributed by atoms with E-state index in [0.29, 0.717) is 7.11 Å². The normalized spacial score (nSPS) is 19.9. The molecule has 0 saturated carbocycles. The summed E-state index contributed by atoms with van der Waals surface area (Å²) in [6, 6.07) is -0.944. The lowest BCUT2D eigenvalue weighted by molar-refractivity contribution is -0.144. The highest BCUT2D eigenvalue weighted by atomic mass is 19.4. The minimum absolute atomic E-state index is 0.0151. The van der Waals surface area contributed by atoms with Gasteiger partial charge in [0.15, 0.2) is 11.9 Å². The molecule has 1 N–H and O–H groups in total. The zero-order valence-electron chi connectivity index (χ0n) is 19.6. The first-order chi connectivity index (χ1) is 18.4. The number of hydrazone groups is 1. The monoisotopic (exact) mass is 622 g/mol. The van der Waals surface area contributed by atoms with Crippen LogP contribution in [0.4, 0.5) is 71.5 Å². The Bertz CT molecular complexity index is 1240. The first-order valence-electron chi connectivity index (χ1n) is 10.6. The van der Waals surface area contributed by atoms with E-state index in [2.05, 4.69) is 5.10 Å². The molecule has 1 heterocycles. The molecule has 2 aromatic rings. The van der Waals surface area contributed by atoms with Crippen LogP contribution in [0, 0.1) is 5.92 Å². The van der Waals surface area contributed by atoms with Crippen LogP contribution in [0.15, 0.2) is 41.5 Å². The van der Waals surface area contributed by atoms with Gasteiger partial charge >= 0.3 is 30.9 Å². The Labute approximate surface area is 218 Å². The van der Waals surface area contributed by atoms with Gasteiger partial charge in [0.2, 0.25) is 0 Å². The fourth-order valence-electron chi connectivity index (χ4n) is 4.00. The van der Waals surface area contributed by atoms with Crippen molar-refractivity contribution in [1.82, 2.24) is 0 Å². The van der Waals surface area contributed by atoms with Crippen molar-refractivity contribution in [3.63, 3.8) is 0 Å². The zero-order chi connectivity index (χ0) is 31.5. The maximum atomic E-state index is 13.9. The number of anilines is 1. The lowest BCUT2D eigenvalue weighted by Crippen LogP contribution is -2.41. The average molecular weight is 622 g/mol. The number of hydrogen-bond donors (Lipinski definition) is 1. The number of ether oxygens (including phenoxy) is 1. The Balaban J connectivity index is 2.24.